The molecule has 0 aliphatic heterocycles. The first kappa shape index (κ1) is 18.4. The summed E-state index contributed by atoms with van der Waals surface area (Å²) in [7, 11) is 3.97. The SMILES string of the molecule is CN[C@@H](Cc1ccc(OCC(=O)OC)c(C(=O)OC)c1)C(=O)O. The minimum atomic E-state index is -1.00. The average Bonchev–Trinajstić information content (AvgIpc) is 2.56. The number of hydrogen-bond donors (Lipinski definition) is 2. The van der Waals surface area contributed by atoms with Gasteiger partial charge in [-0.05, 0) is 31.2 Å². The molecule has 0 amide bonds. The molecule has 0 saturated carbocycles. The van der Waals surface area contributed by atoms with Gasteiger partial charge in [-0.3, -0.25) is 4.79 Å². The largest absolute Gasteiger partial charge is 0.481 e. The van der Waals surface area contributed by atoms with Crippen molar-refractivity contribution >= 4 is 17.9 Å². The molecule has 1 atom stereocenters. The molecule has 8 nitrogen and oxygen atoms in total. The lowest BCUT2D eigenvalue weighted by molar-refractivity contribution is -0.143. The molecule has 1 aromatic carbocycles. The lowest BCUT2D eigenvalue weighted by Gasteiger charge is -2.14. The maximum atomic E-state index is 11.8. The van der Waals surface area contributed by atoms with E-state index in [0.29, 0.717) is 5.56 Å². The smallest absolute Gasteiger partial charge is 0.343 e. The number of carbonyl (C=O) groups excluding carboxylic acids is 2. The Bertz CT molecular complexity index is 585. The first-order chi connectivity index (χ1) is 10.9. The van der Waals surface area contributed by atoms with Crippen molar-refractivity contribution in [1.29, 1.82) is 0 Å². The van der Waals surface area contributed by atoms with Gasteiger partial charge in [-0.1, -0.05) is 6.07 Å². The summed E-state index contributed by atoms with van der Waals surface area (Å²) in [4.78, 5) is 34.0. The second kappa shape index (κ2) is 8.74. The van der Waals surface area contributed by atoms with E-state index in [-0.39, 0.29) is 24.3 Å². The van der Waals surface area contributed by atoms with E-state index in [9.17, 15) is 14.4 Å². The van der Waals surface area contributed by atoms with Crippen LogP contribution in [0.1, 0.15) is 15.9 Å². The Kier molecular flexibility index (Phi) is 7.01. The fourth-order valence-electron chi connectivity index (χ4n) is 1.84. The van der Waals surface area contributed by atoms with Crippen LogP contribution in [0, 0.1) is 0 Å². The quantitative estimate of drug-likeness (QED) is 0.654. The Hall–Kier alpha value is -2.61. The summed E-state index contributed by atoms with van der Waals surface area (Å²) in [6, 6.07) is 3.79. The zero-order valence-corrected chi connectivity index (χ0v) is 13.1. The lowest BCUT2D eigenvalue weighted by Crippen LogP contribution is -2.35. The molecule has 2 N–H and O–H groups in total. The average molecular weight is 325 g/mol. The zero-order chi connectivity index (χ0) is 17.4. The van der Waals surface area contributed by atoms with E-state index in [1.165, 1.54) is 33.4 Å². The summed E-state index contributed by atoms with van der Waals surface area (Å²) in [6.07, 6.45) is 0.174. The van der Waals surface area contributed by atoms with Crippen LogP contribution in [0.5, 0.6) is 5.75 Å². The van der Waals surface area contributed by atoms with Crippen molar-refractivity contribution in [2.45, 2.75) is 12.5 Å². The maximum absolute atomic E-state index is 11.8. The molecule has 0 heterocycles. The molecule has 0 fully saturated rings. The predicted octanol–water partition coefficient (Wildman–Crippen LogP) is 0.240. The second-order valence-electron chi connectivity index (χ2n) is 4.57. The minimum Gasteiger partial charge on any atom is -0.481 e. The number of hydrogen-bond acceptors (Lipinski definition) is 7. The first-order valence-corrected chi connectivity index (χ1v) is 6.73. The molecule has 0 aliphatic rings. The molecule has 0 saturated heterocycles. The van der Waals surface area contributed by atoms with Crippen LogP contribution in [0.15, 0.2) is 18.2 Å². The topological polar surface area (TPSA) is 111 Å². The zero-order valence-electron chi connectivity index (χ0n) is 13.1. The Morgan fingerprint density at radius 1 is 1.22 bits per heavy atom. The van der Waals surface area contributed by atoms with Crippen molar-refractivity contribution in [2.75, 3.05) is 27.9 Å². The van der Waals surface area contributed by atoms with Crippen LogP contribution in [-0.2, 0) is 25.5 Å². The van der Waals surface area contributed by atoms with E-state index in [4.69, 9.17) is 9.84 Å². The van der Waals surface area contributed by atoms with Gasteiger partial charge in [0.2, 0.25) is 0 Å². The summed E-state index contributed by atoms with van der Waals surface area (Å²) in [5.74, 6) is -2.09. The molecule has 126 valence electrons. The third kappa shape index (κ3) is 5.26. The molecule has 0 aliphatic carbocycles. The van der Waals surface area contributed by atoms with E-state index < -0.39 is 23.9 Å². The second-order valence-corrected chi connectivity index (χ2v) is 4.57. The van der Waals surface area contributed by atoms with E-state index in [2.05, 4.69) is 14.8 Å². The van der Waals surface area contributed by atoms with Crippen LogP contribution < -0.4 is 10.1 Å². The van der Waals surface area contributed by atoms with Gasteiger partial charge in [0, 0.05) is 0 Å². The molecule has 0 spiro atoms. The summed E-state index contributed by atoms with van der Waals surface area (Å²) < 4.78 is 14.4. The number of benzene rings is 1. The number of nitrogens with one attached hydrogen (secondary N) is 1. The van der Waals surface area contributed by atoms with Crippen molar-refractivity contribution in [2.24, 2.45) is 0 Å². The Morgan fingerprint density at radius 2 is 1.91 bits per heavy atom. The number of likely N-dealkylation sites (N-methyl/N-ethyl adjacent to an activating group) is 1. The molecular formula is C15H19NO7. The van der Waals surface area contributed by atoms with E-state index in [1.54, 1.807) is 6.07 Å². The van der Waals surface area contributed by atoms with Crippen molar-refractivity contribution in [3.8, 4) is 5.75 Å². The van der Waals surface area contributed by atoms with Crippen LogP contribution >= 0.6 is 0 Å². The molecule has 0 unspecified atom stereocenters. The van der Waals surface area contributed by atoms with E-state index >= 15 is 0 Å². The van der Waals surface area contributed by atoms with Gasteiger partial charge in [0.15, 0.2) is 6.61 Å². The number of esters is 2. The standard InChI is InChI=1S/C15H19NO7/c1-16-11(14(18)19)7-9-4-5-12(23-8-13(17)21-2)10(6-9)15(20)22-3/h4-6,11,16H,7-8H2,1-3H3,(H,18,19)/t11-/m0/s1. The van der Waals surface area contributed by atoms with Crippen LogP contribution in [0.2, 0.25) is 0 Å². The minimum absolute atomic E-state index is 0.106. The molecule has 1 rings (SSSR count). The van der Waals surface area contributed by atoms with Crippen LogP contribution in [0.4, 0.5) is 0 Å². The van der Waals surface area contributed by atoms with Gasteiger partial charge in [0.25, 0.3) is 0 Å². The molecule has 1 aromatic rings. The number of carboxylic acid groups (broad SMARTS) is 1. The number of rotatable bonds is 8. The van der Waals surface area contributed by atoms with Crippen molar-refractivity contribution < 1.29 is 33.7 Å². The fourth-order valence-corrected chi connectivity index (χ4v) is 1.84. The molecule has 23 heavy (non-hydrogen) atoms. The predicted molar refractivity (Wildman–Crippen MR) is 79.5 cm³/mol. The van der Waals surface area contributed by atoms with Crippen LogP contribution in [0.25, 0.3) is 0 Å². The summed E-state index contributed by atoms with van der Waals surface area (Å²) in [5.41, 5.74) is 0.715. The number of methoxy groups -OCH3 is 2. The van der Waals surface area contributed by atoms with Crippen LogP contribution in [0.3, 0.4) is 0 Å². The summed E-state index contributed by atoms with van der Waals surface area (Å²) >= 11 is 0. The van der Waals surface area contributed by atoms with E-state index in [0.717, 1.165) is 0 Å². The normalized spacial score (nSPS) is 11.4. The van der Waals surface area contributed by atoms with Crippen molar-refractivity contribution in [3.05, 3.63) is 29.3 Å². The third-order valence-electron chi connectivity index (χ3n) is 3.11. The van der Waals surface area contributed by atoms with Gasteiger partial charge in [-0.25, -0.2) is 9.59 Å². The molecule has 0 radical (unpaired) electrons. The molecule has 8 heteroatoms. The highest BCUT2D eigenvalue weighted by Crippen LogP contribution is 2.22. The first-order valence-electron chi connectivity index (χ1n) is 6.73. The van der Waals surface area contributed by atoms with Crippen molar-refractivity contribution in [1.82, 2.24) is 5.32 Å². The van der Waals surface area contributed by atoms with Crippen molar-refractivity contribution in [3.63, 3.8) is 0 Å². The van der Waals surface area contributed by atoms with Gasteiger partial charge >= 0.3 is 17.9 Å². The lowest BCUT2D eigenvalue weighted by atomic mass is 10.0. The summed E-state index contributed by atoms with van der Waals surface area (Å²) in [5, 5.41) is 11.7. The number of ether oxygens (including phenoxy) is 3. The van der Waals surface area contributed by atoms with Gasteiger partial charge in [-0.2, -0.15) is 0 Å². The maximum Gasteiger partial charge on any atom is 0.343 e. The highest BCUT2D eigenvalue weighted by Gasteiger charge is 2.19. The Balaban J connectivity index is 3.03. The number of aliphatic carboxylic acids is 1. The Morgan fingerprint density at radius 3 is 2.43 bits per heavy atom. The fraction of sp³-hybridized carbons (Fsp3) is 0.400. The highest BCUT2D eigenvalue weighted by molar-refractivity contribution is 5.92. The molecule has 0 bridgehead atoms. The monoisotopic (exact) mass is 325 g/mol. The number of carbonyl (C=O) groups is 3. The van der Waals surface area contributed by atoms with Crippen LogP contribution in [-0.4, -0.2) is 56.9 Å². The van der Waals surface area contributed by atoms with Gasteiger partial charge in [-0.15, -0.1) is 0 Å². The number of carboxylic acids is 1. The van der Waals surface area contributed by atoms with Gasteiger partial charge < -0.3 is 24.6 Å². The Labute approximate surface area is 133 Å². The van der Waals surface area contributed by atoms with Gasteiger partial charge in [0.1, 0.15) is 17.4 Å². The molecular weight excluding hydrogens is 306 g/mol. The highest BCUT2D eigenvalue weighted by atomic mass is 16.6. The third-order valence-corrected chi connectivity index (χ3v) is 3.11. The van der Waals surface area contributed by atoms with Gasteiger partial charge in [0.05, 0.1) is 14.2 Å². The van der Waals surface area contributed by atoms with E-state index in [1.807, 2.05) is 0 Å². The summed E-state index contributed by atoms with van der Waals surface area (Å²) in [6.45, 7) is -0.353. The molecule has 0 aromatic heterocycles.